The summed E-state index contributed by atoms with van der Waals surface area (Å²) in [5, 5.41) is 3.70. The maximum Gasteiger partial charge on any atom is 0.264 e. The summed E-state index contributed by atoms with van der Waals surface area (Å²) in [6, 6.07) is 26.2. The van der Waals surface area contributed by atoms with E-state index >= 15 is 0 Å². The lowest BCUT2D eigenvalue weighted by Gasteiger charge is -2.34. The standard InChI is InChI=1S/C36H39Cl2N3O5S/c1-25(2)22-39-36(43)34(19-27-9-6-5-7-10-27)40(23-28-15-16-29(37)20-33(28)38)35(42)24-41(30-11-8-12-31(21-30)46-4)47(44,45)32-17-13-26(3)14-18-32/h5-18,20-21,25,34H,19,22-24H2,1-4H3,(H,39,43)/t34-/m0/s1. The highest BCUT2D eigenvalue weighted by molar-refractivity contribution is 7.92. The van der Waals surface area contributed by atoms with Gasteiger partial charge < -0.3 is 15.0 Å². The van der Waals surface area contributed by atoms with Gasteiger partial charge in [0.05, 0.1) is 17.7 Å². The minimum Gasteiger partial charge on any atom is -0.497 e. The molecule has 4 aromatic carbocycles. The molecule has 248 valence electrons. The fraction of sp³-hybridized carbons (Fsp3) is 0.278. The number of carbonyl (C=O) groups is 2. The molecule has 4 rings (SSSR count). The Hall–Kier alpha value is -4.05. The van der Waals surface area contributed by atoms with Crippen LogP contribution in [0.25, 0.3) is 0 Å². The number of benzene rings is 4. The molecule has 8 nitrogen and oxygen atoms in total. The van der Waals surface area contributed by atoms with Crippen LogP contribution in [0.1, 0.15) is 30.5 Å². The van der Waals surface area contributed by atoms with Gasteiger partial charge in [-0.3, -0.25) is 13.9 Å². The van der Waals surface area contributed by atoms with Crippen molar-refractivity contribution in [3.8, 4) is 5.75 Å². The van der Waals surface area contributed by atoms with Gasteiger partial charge in [-0.1, -0.05) is 97.2 Å². The predicted octanol–water partition coefficient (Wildman–Crippen LogP) is 6.92. The lowest BCUT2D eigenvalue weighted by molar-refractivity contribution is -0.140. The van der Waals surface area contributed by atoms with E-state index in [-0.39, 0.29) is 35.4 Å². The zero-order valence-electron chi connectivity index (χ0n) is 26.8. The lowest BCUT2D eigenvalue weighted by Crippen LogP contribution is -2.53. The SMILES string of the molecule is COc1cccc(N(CC(=O)N(Cc2ccc(Cl)cc2Cl)[C@@H](Cc2ccccc2)C(=O)NCC(C)C)S(=O)(=O)c2ccc(C)cc2)c1. The molecule has 0 aliphatic rings. The first-order valence-electron chi connectivity index (χ1n) is 15.2. The van der Waals surface area contributed by atoms with Gasteiger partial charge in [0.2, 0.25) is 11.8 Å². The monoisotopic (exact) mass is 695 g/mol. The van der Waals surface area contributed by atoms with Crippen molar-refractivity contribution in [3.63, 3.8) is 0 Å². The summed E-state index contributed by atoms with van der Waals surface area (Å²) in [6.07, 6.45) is 0.186. The van der Waals surface area contributed by atoms with Crippen LogP contribution in [0.2, 0.25) is 10.0 Å². The van der Waals surface area contributed by atoms with Crippen LogP contribution in [0.5, 0.6) is 5.75 Å². The van der Waals surface area contributed by atoms with E-state index < -0.39 is 28.5 Å². The smallest absolute Gasteiger partial charge is 0.264 e. The summed E-state index contributed by atoms with van der Waals surface area (Å²) in [5.41, 5.74) is 2.49. The van der Waals surface area contributed by atoms with Crippen LogP contribution < -0.4 is 14.4 Å². The summed E-state index contributed by atoms with van der Waals surface area (Å²) in [7, 11) is -2.77. The molecule has 2 amide bonds. The average molecular weight is 697 g/mol. The van der Waals surface area contributed by atoms with E-state index in [9.17, 15) is 18.0 Å². The first kappa shape index (κ1) is 35.8. The molecule has 0 spiro atoms. The zero-order chi connectivity index (χ0) is 34.1. The van der Waals surface area contributed by atoms with E-state index in [1.807, 2.05) is 51.1 Å². The first-order chi connectivity index (χ1) is 22.4. The Kier molecular flexibility index (Phi) is 12.3. The van der Waals surface area contributed by atoms with Crippen molar-refractivity contribution in [2.45, 2.75) is 44.7 Å². The molecule has 0 saturated heterocycles. The molecule has 0 fully saturated rings. The molecule has 0 radical (unpaired) electrons. The quantitative estimate of drug-likeness (QED) is 0.155. The first-order valence-corrected chi connectivity index (χ1v) is 17.4. The highest BCUT2D eigenvalue weighted by Crippen LogP contribution is 2.29. The number of nitrogens with one attached hydrogen (secondary N) is 1. The van der Waals surface area contributed by atoms with Crippen LogP contribution in [-0.4, -0.2) is 51.4 Å². The summed E-state index contributed by atoms with van der Waals surface area (Å²) >= 11 is 12.8. The molecule has 4 aromatic rings. The number of anilines is 1. The minimum atomic E-state index is -4.25. The number of halogens is 2. The van der Waals surface area contributed by atoms with Crippen molar-refractivity contribution >= 4 is 50.7 Å². The summed E-state index contributed by atoms with van der Waals surface area (Å²) in [5.74, 6) is -0.390. The van der Waals surface area contributed by atoms with E-state index in [2.05, 4.69) is 5.32 Å². The number of hydrogen-bond donors (Lipinski definition) is 1. The predicted molar refractivity (Wildman–Crippen MR) is 187 cm³/mol. The summed E-state index contributed by atoms with van der Waals surface area (Å²) in [6.45, 7) is 5.54. The van der Waals surface area contributed by atoms with Crippen molar-refractivity contribution in [2.75, 3.05) is 24.5 Å². The largest absolute Gasteiger partial charge is 0.497 e. The van der Waals surface area contributed by atoms with Gasteiger partial charge >= 0.3 is 0 Å². The van der Waals surface area contributed by atoms with Gasteiger partial charge in [0, 0.05) is 35.6 Å². The normalized spacial score (nSPS) is 12.0. The maximum atomic E-state index is 14.6. The van der Waals surface area contributed by atoms with Gasteiger partial charge in [-0.25, -0.2) is 8.42 Å². The second-order valence-corrected chi connectivity index (χ2v) is 14.3. The summed E-state index contributed by atoms with van der Waals surface area (Å²) in [4.78, 5) is 29.9. The number of aryl methyl sites for hydroxylation is 1. The van der Waals surface area contributed by atoms with E-state index in [1.54, 1.807) is 54.6 Å². The third-order valence-electron chi connectivity index (χ3n) is 7.54. The zero-order valence-corrected chi connectivity index (χ0v) is 29.1. The average Bonchev–Trinajstić information content (AvgIpc) is 3.05. The van der Waals surface area contributed by atoms with E-state index in [0.29, 0.717) is 27.9 Å². The molecule has 0 aliphatic heterocycles. The fourth-order valence-corrected chi connectivity index (χ4v) is 6.82. The Morgan fingerprint density at radius 1 is 0.894 bits per heavy atom. The second-order valence-electron chi connectivity index (χ2n) is 11.6. The molecule has 0 heterocycles. The van der Waals surface area contributed by atoms with Crippen LogP contribution in [0.15, 0.2) is 102 Å². The molecule has 0 aromatic heterocycles. The molecule has 47 heavy (non-hydrogen) atoms. The second kappa shape index (κ2) is 16.2. The topological polar surface area (TPSA) is 96.0 Å². The van der Waals surface area contributed by atoms with Gasteiger partial charge in [0.15, 0.2) is 0 Å². The molecule has 11 heteroatoms. The third-order valence-corrected chi connectivity index (χ3v) is 9.92. The molecule has 0 saturated carbocycles. The molecular weight excluding hydrogens is 657 g/mol. The van der Waals surface area contributed by atoms with Crippen molar-refractivity contribution in [1.29, 1.82) is 0 Å². The van der Waals surface area contributed by atoms with Crippen molar-refractivity contribution in [2.24, 2.45) is 5.92 Å². The number of hydrogen-bond acceptors (Lipinski definition) is 5. The van der Waals surface area contributed by atoms with Crippen LogP contribution in [0.3, 0.4) is 0 Å². The summed E-state index contributed by atoms with van der Waals surface area (Å²) < 4.78 is 34.9. The highest BCUT2D eigenvalue weighted by atomic mass is 35.5. The molecule has 0 aliphatic carbocycles. The van der Waals surface area contributed by atoms with Crippen molar-refractivity contribution in [1.82, 2.24) is 10.2 Å². The van der Waals surface area contributed by atoms with Gasteiger partial charge in [0.25, 0.3) is 10.0 Å². The van der Waals surface area contributed by atoms with Crippen LogP contribution in [-0.2, 0) is 32.6 Å². The number of amides is 2. The number of sulfonamides is 1. The van der Waals surface area contributed by atoms with Crippen LogP contribution in [0, 0.1) is 12.8 Å². The Morgan fingerprint density at radius 2 is 1.60 bits per heavy atom. The maximum absolute atomic E-state index is 14.6. The van der Waals surface area contributed by atoms with Crippen LogP contribution in [0.4, 0.5) is 5.69 Å². The van der Waals surface area contributed by atoms with E-state index in [1.165, 1.54) is 24.1 Å². The third kappa shape index (κ3) is 9.50. The highest BCUT2D eigenvalue weighted by Gasteiger charge is 2.35. The number of carbonyl (C=O) groups excluding carboxylic acids is 2. The molecule has 1 atom stereocenters. The Bertz CT molecular complexity index is 1780. The van der Waals surface area contributed by atoms with Gasteiger partial charge in [-0.15, -0.1) is 0 Å². The number of methoxy groups -OCH3 is 1. The van der Waals surface area contributed by atoms with Crippen molar-refractivity contribution in [3.05, 3.63) is 124 Å². The number of rotatable bonds is 14. The molecule has 1 N–H and O–H groups in total. The van der Waals surface area contributed by atoms with Gasteiger partial charge in [-0.2, -0.15) is 0 Å². The van der Waals surface area contributed by atoms with Crippen LogP contribution >= 0.6 is 23.2 Å². The molecular formula is C36H39Cl2N3O5S. The Balaban J connectivity index is 1.83. The number of nitrogens with zero attached hydrogens (tertiary/aromatic N) is 2. The van der Waals surface area contributed by atoms with E-state index in [4.69, 9.17) is 27.9 Å². The van der Waals surface area contributed by atoms with E-state index in [0.717, 1.165) is 15.4 Å². The molecule has 0 unspecified atom stereocenters. The Morgan fingerprint density at radius 3 is 2.23 bits per heavy atom. The van der Waals surface area contributed by atoms with Gasteiger partial charge in [0.1, 0.15) is 18.3 Å². The number of ether oxygens (including phenoxy) is 1. The van der Waals surface area contributed by atoms with Crippen molar-refractivity contribution < 1.29 is 22.7 Å². The fourth-order valence-electron chi connectivity index (χ4n) is 4.94. The molecule has 0 bridgehead atoms. The lowest BCUT2D eigenvalue weighted by atomic mass is 10.0. The minimum absolute atomic E-state index is 0.0153. The van der Waals surface area contributed by atoms with Gasteiger partial charge in [-0.05, 0) is 60.4 Å². The Labute approximate surface area is 287 Å².